The van der Waals surface area contributed by atoms with Crippen molar-refractivity contribution in [3.05, 3.63) is 54.1 Å². The number of methoxy groups -OCH3 is 1. The summed E-state index contributed by atoms with van der Waals surface area (Å²) in [5, 5.41) is 9.59. The average molecular weight is 287 g/mol. The van der Waals surface area contributed by atoms with Crippen molar-refractivity contribution in [1.29, 1.82) is 0 Å². The maximum Gasteiger partial charge on any atom is 0.124 e. The molecule has 2 aromatic rings. The van der Waals surface area contributed by atoms with Crippen molar-refractivity contribution in [2.24, 2.45) is 4.99 Å². The molecule has 0 amide bonds. The van der Waals surface area contributed by atoms with E-state index in [-0.39, 0.29) is 5.75 Å². The average Bonchev–Trinajstić information content (AvgIpc) is 2.49. The Balaban J connectivity index is 1.77. The molecule has 104 valence electrons. The van der Waals surface area contributed by atoms with E-state index in [9.17, 15) is 5.11 Å². The molecule has 0 aromatic heterocycles. The van der Waals surface area contributed by atoms with Crippen LogP contribution in [0.3, 0.4) is 0 Å². The number of phenols is 1. The topological polar surface area (TPSA) is 41.8 Å². The van der Waals surface area contributed by atoms with Gasteiger partial charge in [0.25, 0.3) is 0 Å². The Bertz CT molecular complexity index is 567. The maximum absolute atomic E-state index is 9.59. The number of nitrogens with zero attached hydrogens (tertiary/aromatic N) is 1. The lowest BCUT2D eigenvalue weighted by Crippen LogP contribution is -1.88. The van der Waals surface area contributed by atoms with Gasteiger partial charge in [0.15, 0.2) is 0 Å². The van der Waals surface area contributed by atoms with Gasteiger partial charge in [0, 0.05) is 29.0 Å². The van der Waals surface area contributed by atoms with Gasteiger partial charge in [-0.25, -0.2) is 0 Å². The van der Waals surface area contributed by atoms with Gasteiger partial charge in [-0.05, 0) is 36.4 Å². The molecule has 1 N–H and O–H groups in total. The molecular weight excluding hydrogens is 270 g/mol. The summed E-state index contributed by atoms with van der Waals surface area (Å²) in [7, 11) is 1.66. The van der Waals surface area contributed by atoms with Crippen LogP contribution in [0, 0.1) is 0 Å². The number of hydrogen-bond donors (Lipinski definition) is 1. The van der Waals surface area contributed by atoms with Gasteiger partial charge in [0.05, 0.1) is 7.11 Å². The first-order valence-electron chi connectivity index (χ1n) is 6.34. The van der Waals surface area contributed by atoms with Gasteiger partial charge in [-0.3, -0.25) is 4.99 Å². The molecular formula is C16H17NO2S. The van der Waals surface area contributed by atoms with Crippen LogP contribution in [0.1, 0.15) is 5.56 Å². The smallest absolute Gasteiger partial charge is 0.124 e. The van der Waals surface area contributed by atoms with Gasteiger partial charge < -0.3 is 9.84 Å². The molecule has 0 heterocycles. The quantitative estimate of drug-likeness (QED) is 0.501. The third-order valence-corrected chi connectivity index (χ3v) is 3.71. The first-order valence-corrected chi connectivity index (χ1v) is 7.33. The highest BCUT2D eigenvalue weighted by molar-refractivity contribution is 7.99. The molecule has 20 heavy (non-hydrogen) atoms. The van der Waals surface area contributed by atoms with Crippen LogP contribution in [0.25, 0.3) is 0 Å². The fraction of sp³-hybridized carbons (Fsp3) is 0.188. The summed E-state index contributed by atoms with van der Waals surface area (Å²) in [6.07, 6.45) is 1.71. The van der Waals surface area contributed by atoms with E-state index in [2.05, 4.69) is 4.99 Å². The summed E-state index contributed by atoms with van der Waals surface area (Å²) in [5.41, 5.74) is 0.752. The molecule has 0 aliphatic heterocycles. The van der Waals surface area contributed by atoms with Crippen molar-refractivity contribution < 1.29 is 9.84 Å². The van der Waals surface area contributed by atoms with Crippen LogP contribution in [-0.4, -0.2) is 30.7 Å². The summed E-state index contributed by atoms with van der Waals surface area (Å²) in [4.78, 5) is 5.52. The number of para-hydroxylation sites is 1. The van der Waals surface area contributed by atoms with Gasteiger partial charge in [-0.15, -0.1) is 11.8 Å². The lowest BCUT2D eigenvalue weighted by Gasteiger charge is -2.02. The molecule has 2 aromatic carbocycles. The molecule has 0 aliphatic rings. The van der Waals surface area contributed by atoms with Crippen molar-refractivity contribution in [1.82, 2.24) is 0 Å². The van der Waals surface area contributed by atoms with Crippen LogP contribution >= 0.6 is 11.8 Å². The molecule has 4 heteroatoms. The minimum atomic E-state index is 0.263. The number of rotatable bonds is 6. The number of aromatic hydroxyl groups is 1. The van der Waals surface area contributed by atoms with E-state index < -0.39 is 0 Å². The number of hydrogen-bond acceptors (Lipinski definition) is 4. The molecule has 0 bridgehead atoms. The Morgan fingerprint density at radius 2 is 1.90 bits per heavy atom. The van der Waals surface area contributed by atoms with E-state index in [1.165, 1.54) is 4.90 Å². The highest BCUT2D eigenvalue weighted by Gasteiger charge is 1.96. The molecule has 0 atom stereocenters. The zero-order valence-electron chi connectivity index (χ0n) is 11.3. The summed E-state index contributed by atoms with van der Waals surface area (Å²) >= 11 is 1.75. The summed E-state index contributed by atoms with van der Waals surface area (Å²) in [6.45, 7) is 0.713. The monoisotopic (exact) mass is 287 g/mol. The second kappa shape index (κ2) is 7.60. The van der Waals surface area contributed by atoms with Crippen LogP contribution in [0.15, 0.2) is 58.4 Å². The van der Waals surface area contributed by atoms with E-state index >= 15 is 0 Å². The molecule has 0 unspecified atom stereocenters. The first kappa shape index (κ1) is 14.5. The Morgan fingerprint density at radius 3 is 2.60 bits per heavy atom. The number of aliphatic imine (C=N–C) groups is 1. The Hall–Kier alpha value is -1.94. The van der Waals surface area contributed by atoms with Crippen molar-refractivity contribution in [3.63, 3.8) is 0 Å². The van der Waals surface area contributed by atoms with Crippen molar-refractivity contribution in [3.8, 4) is 11.5 Å². The molecule has 0 aliphatic carbocycles. The fourth-order valence-corrected chi connectivity index (χ4v) is 2.41. The van der Waals surface area contributed by atoms with Crippen molar-refractivity contribution in [2.75, 3.05) is 19.4 Å². The number of ether oxygens (including phenoxy) is 1. The molecule has 2 rings (SSSR count). The predicted octanol–water partition coefficient (Wildman–Crippen LogP) is 3.61. The van der Waals surface area contributed by atoms with Gasteiger partial charge in [0.1, 0.15) is 11.5 Å². The van der Waals surface area contributed by atoms with E-state index in [1.54, 1.807) is 37.2 Å². The zero-order valence-corrected chi connectivity index (χ0v) is 12.1. The van der Waals surface area contributed by atoms with Crippen LogP contribution in [0.4, 0.5) is 0 Å². The molecule has 3 nitrogen and oxygen atoms in total. The summed E-state index contributed by atoms with van der Waals surface area (Å²) < 4.78 is 5.12. The number of phenolic OH excluding ortho intramolecular Hbond substituents is 1. The fourth-order valence-electron chi connectivity index (χ4n) is 1.65. The number of benzene rings is 2. The maximum atomic E-state index is 9.59. The van der Waals surface area contributed by atoms with Gasteiger partial charge >= 0.3 is 0 Å². The third-order valence-electron chi connectivity index (χ3n) is 2.72. The van der Waals surface area contributed by atoms with Crippen molar-refractivity contribution in [2.45, 2.75) is 4.90 Å². The van der Waals surface area contributed by atoms with Gasteiger partial charge in [-0.1, -0.05) is 12.1 Å². The second-order valence-corrected chi connectivity index (χ2v) is 5.29. The molecule has 0 fully saturated rings. The molecule has 0 saturated heterocycles. The summed E-state index contributed by atoms with van der Waals surface area (Å²) in [6, 6.07) is 15.2. The minimum absolute atomic E-state index is 0.263. The van der Waals surface area contributed by atoms with Crippen molar-refractivity contribution >= 4 is 18.0 Å². The van der Waals surface area contributed by atoms with Gasteiger partial charge in [-0.2, -0.15) is 0 Å². The lowest BCUT2D eigenvalue weighted by molar-refractivity contribution is 0.414. The molecule has 0 radical (unpaired) electrons. The highest BCUT2D eigenvalue weighted by atomic mass is 32.2. The van der Waals surface area contributed by atoms with E-state index in [1.807, 2.05) is 36.4 Å². The van der Waals surface area contributed by atoms with Crippen LogP contribution in [0.5, 0.6) is 11.5 Å². The molecule has 0 spiro atoms. The normalized spacial score (nSPS) is 10.8. The predicted molar refractivity (Wildman–Crippen MR) is 84.3 cm³/mol. The summed E-state index contributed by atoms with van der Waals surface area (Å²) in [5.74, 6) is 2.03. The highest BCUT2D eigenvalue weighted by Crippen LogP contribution is 2.21. The van der Waals surface area contributed by atoms with Gasteiger partial charge in [0.2, 0.25) is 0 Å². The minimum Gasteiger partial charge on any atom is -0.507 e. The van der Waals surface area contributed by atoms with Crippen LogP contribution < -0.4 is 4.74 Å². The molecule has 0 saturated carbocycles. The third kappa shape index (κ3) is 4.31. The van der Waals surface area contributed by atoms with E-state index in [4.69, 9.17) is 4.74 Å². The van der Waals surface area contributed by atoms with Crippen LogP contribution in [0.2, 0.25) is 0 Å². The lowest BCUT2D eigenvalue weighted by atomic mass is 10.2. The Kier molecular flexibility index (Phi) is 5.50. The van der Waals surface area contributed by atoms with Crippen LogP contribution in [-0.2, 0) is 0 Å². The number of thioether (sulfide) groups is 1. The van der Waals surface area contributed by atoms with E-state index in [0.29, 0.717) is 6.54 Å². The Morgan fingerprint density at radius 1 is 1.15 bits per heavy atom. The largest absolute Gasteiger partial charge is 0.507 e. The SMILES string of the molecule is COc1ccc(SCCN=Cc2ccccc2O)cc1. The zero-order chi connectivity index (χ0) is 14.2. The first-order chi connectivity index (χ1) is 9.79. The van der Waals surface area contributed by atoms with E-state index in [0.717, 1.165) is 17.1 Å². The Labute approximate surface area is 123 Å². The second-order valence-electron chi connectivity index (χ2n) is 4.12. The standard InChI is InChI=1S/C16H17NO2S/c1-19-14-6-8-15(9-7-14)20-11-10-17-12-13-4-2-3-5-16(13)18/h2-9,12,18H,10-11H2,1H3.